The summed E-state index contributed by atoms with van der Waals surface area (Å²) in [6.45, 7) is 10.8. The van der Waals surface area contributed by atoms with Gasteiger partial charge in [0.15, 0.2) is 0 Å². The Kier molecular flexibility index (Phi) is 5.42. The zero-order chi connectivity index (χ0) is 13.1. The van der Waals surface area contributed by atoms with Crippen LogP contribution in [0.2, 0.25) is 0 Å². The third-order valence-electron chi connectivity index (χ3n) is 4.21. The molecule has 1 aliphatic rings. The highest BCUT2D eigenvalue weighted by Crippen LogP contribution is 2.41. The van der Waals surface area contributed by atoms with E-state index in [1.54, 1.807) is 0 Å². The highest BCUT2D eigenvalue weighted by atomic mass is 16.3. The molecule has 0 radical (unpaired) electrons. The second-order valence-electron chi connectivity index (χ2n) is 6.40. The summed E-state index contributed by atoms with van der Waals surface area (Å²) in [7, 11) is 0. The number of aliphatic hydroxyl groups excluding tert-OH is 2. The van der Waals surface area contributed by atoms with Crippen molar-refractivity contribution in [1.82, 2.24) is 4.90 Å². The molecule has 1 rings (SSSR count). The fourth-order valence-electron chi connectivity index (χ4n) is 2.83. The van der Waals surface area contributed by atoms with Crippen molar-refractivity contribution in [2.45, 2.75) is 59.1 Å². The Morgan fingerprint density at radius 3 is 2.41 bits per heavy atom. The van der Waals surface area contributed by atoms with Crippen molar-refractivity contribution in [1.29, 1.82) is 0 Å². The number of rotatable bonds is 6. The first-order valence-corrected chi connectivity index (χ1v) is 6.91. The van der Waals surface area contributed by atoms with Crippen molar-refractivity contribution in [2.75, 3.05) is 19.7 Å². The number of aliphatic hydroxyl groups is 2. The van der Waals surface area contributed by atoms with Crippen LogP contribution in [0.15, 0.2) is 0 Å². The lowest BCUT2D eigenvalue weighted by Gasteiger charge is -2.32. The Morgan fingerprint density at radius 2 is 2.00 bits per heavy atom. The van der Waals surface area contributed by atoms with Crippen molar-refractivity contribution in [3.63, 3.8) is 0 Å². The van der Waals surface area contributed by atoms with Gasteiger partial charge < -0.3 is 15.1 Å². The molecule has 17 heavy (non-hydrogen) atoms. The molecule has 0 saturated heterocycles. The molecule has 0 aromatic carbocycles. The van der Waals surface area contributed by atoms with E-state index in [0.29, 0.717) is 12.0 Å². The fourth-order valence-corrected chi connectivity index (χ4v) is 2.83. The van der Waals surface area contributed by atoms with Crippen LogP contribution in [-0.4, -0.2) is 47.0 Å². The van der Waals surface area contributed by atoms with Crippen LogP contribution in [0.3, 0.4) is 0 Å². The maximum absolute atomic E-state index is 10.3. The van der Waals surface area contributed by atoms with E-state index < -0.39 is 0 Å². The van der Waals surface area contributed by atoms with Crippen molar-refractivity contribution < 1.29 is 10.2 Å². The van der Waals surface area contributed by atoms with Gasteiger partial charge in [0.25, 0.3) is 0 Å². The van der Waals surface area contributed by atoms with Crippen molar-refractivity contribution >= 4 is 0 Å². The van der Waals surface area contributed by atoms with Gasteiger partial charge in [0, 0.05) is 25.7 Å². The monoisotopic (exact) mass is 243 g/mol. The molecule has 0 aromatic heterocycles. The van der Waals surface area contributed by atoms with E-state index in [1.165, 1.54) is 0 Å². The quantitative estimate of drug-likeness (QED) is 0.748. The zero-order valence-corrected chi connectivity index (χ0v) is 11.8. The van der Waals surface area contributed by atoms with E-state index in [4.69, 9.17) is 5.11 Å². The van der Waals surface area contributed by atoms with Gasteiger partial charge in [-0.2, -0.15) is 0 Å². The second-order valence-corrected chi connectivity index (χ2v) is 6.40. The summed E-state index contributed by atoms with van der Waals surface area (Å²) in [5.41, 5.74) is 0.0737. The van der Waals surface area contributed by atoms with Gasteiger partial charge in [0.1, 0.15) is 0 Å². The first kappa shape index (κ1) is 14.9. The SMILES string of the molecule is CC(C)N(CCCO)CC1CCC(C)(C)C1O. The standard InChI is InChI=1S/C14H29NO2/c1-11(2)15(8-5-9-16)10-12-6-7-14(3,4)13(12)17/h11-13,16-17H,5-10H2,1-4H3. The molecule has 0 spiro atoms. The van der Waals surface area contributed by atoms with E-state index in [1.807, 2.05) is 0 Å². The summed E-state index contributed by atoms with van der Waals surface area (Å²) >= 11 is 0. The minimum Gasteiger partial charge on any atom is -0.396 e. The van der Waals surface area contributed by atoms with E-state index in [0.717, 1.165) is 32.4 Å². The average Bonchev–Trinajstić information content (AvgIpc) is 2.50. The Bertz CT molecular complexity index is 228. The van der Waals surface area contributed by atoms with Crippen LogP contribution in [0.5, 0.6) is 0 Å². The summed E-state index contributed by atoms with van der Waals surface area (Å²) in [4.78, 5) is 2.38. The van der Waals surface area contributed by atoms with Crippen LogP contribution >= 0.6 is 0 Å². The van der Waals surface area contributed by atoms with Crippen molar-refractivity contribution in [3.8, 4) is 0 Å². The van der Waals surface area contributed by atoms with E-state index in [9.17, 15) is 5.11 Å². The number of hydrogen-bond donors (Lipinski definition) is 2. The molecule has 0 aromatic rings. The number of nitrogens with zero attached hydrogens (tertiary/aromatic N) is 1. The van der Waals surface area contributed by atoms with Gasteiger partial charge in [-0.15, -0.1) is 0 Å². The molecule has 2 unspecified atom stereocenters. The highest BCUT2D eigenvalue weighted by molar-refractivity contribution is 4.92. The molecule has 0 amide bonds. The Hall–Kier alpha value is -0.120. The topological polar surface area (TPSA) is 43.7 Å². The summed E-state index contributed by atoms with van der Waals surface area (Å²) in [6, 6.07) is 0.484. The molecule has 0 aliphatic heterocycles. The molecular weight excluding hydrogens is 214 g/mol. The smallest absolute Gasteiger partial charge is 0.0631 e. The Balaban J connectivity index is 2.50. The lowest BCUT2D eigenvalue weighted by atomic mass is 9.87. The largest absolute Gasteiger partial charge is 0.396 e. The molecule has 2 atom stereocenters. The molecule has 3 heteroatoms. The third-order valence-corrected chi connectivity index (χ3v) is 4.21. The molecule has 1 saturated carbocycles. The van der Waals surface area contributed by atoms with Crippen LogP contribution in [0, 0.1) is 11.3 Å². The van der Waals surface area contributed by atoms with Gasteiger partial charge >= 0.3 is 0 Å². The maximum atomic E-state index is 10.3. The molecule has 1 aliphatic carbocycles. The third kappa shape index (κ3) is 3.94. The number of hydrogen-bond acceptors (Lipinski definition) is 3. The molecule has 3 nitrogen and oxygen atoms in total. The molecule has 1 fully saturated rings. The minimum absolute atomic E-state index is 0.0737. The average molecular weight is 243 g/mol. The van der Waals surface area contributed by atoms with Gasteiger partial charge in [-0.3, -0.25) is 0 Å². The Morgan fingerprint density at radius 1 is 1.35 bits per heavy atom. The van der Waals surface area contributed by atoms with Gasteiger partial charge in [-0.05, 0) is 44.4 Å². The van der Waals surface area contributed by atoms with Crippen molar-refractivity contribution in [2.24, 2.45) is 11.3 Å². The predicted molar refractivity (Wildman–Crippen MR) is 70.9 cm³/mol. The lowest BCUT2D eigenvalue weighted by Crippen LogP contribution is -2.40. The highest BCUT2D eigenvalue weighted by Gasteiger charge is 2.41. The summed E-state index contributed by atoms with van der Waals surface area (Å²) < 4.78 is 0. The first-order valence-electron chi connectivity index (χ1n) is 6.91. The maximum Gasteiger partial charge on any atom is 0.0631 e. The predicted octanol–water partition coefficient (Wildman–Crippen LogP) is 1.88. The van der Waals surface area contributed by atoms with Crippen LogP contribution in [-0.2, 0) is 0 Å². The van der Waals surface area contributed by atoms with Gasteiger partial charge in [-0.25, -0.2) is 0 Å². The van der Waals surface area contributed by atoms with Crippen LogP contribution < -0.4 is 0 Å². The minimum atomic E-state index is -0.183. The molecule has 102 valence electrons. The van der Waals surface area contributed by atoms with E-state index in [2.05, 4.69) is 32.6 Å². The van der Waals surface area contributed by atoms with E-state index in [-0.39, 0.29) is 18.1 Å². The summed E-state index contributed by atoms with van der Waals surface area (Å²) in [5, 5.41) is 19.2. The molecule has 0 heterocycles. The normalized spacial score (nSPS) is 28.2. The van der Waals surface area contributed by atoms with E-state index >= 15 is 0 Å². The molecule has 0 bridgehead atoms. The molecule has 2 N–H and O–H groups in total. The zero-order valence-electron chi connectivity index (χ0n) is 11.8. The van der Waals surface area contributed by atoms with Crippen LogP contribution in [0.4, 0.5) is 0 Å². The van der Waals surface area contributed by atoms with Crippen LogP contribution in [0.25, 0.3) is 0 Å². The van der Waals surface area contributed by atoms with Gasteiger partial charge in [0.05, 0.1) is 6.10 Å². The van der Waals surface area contributed by atoms with Gasteiger partial charge in [0.2, 0.25) is 0 Å². The molecular formula is C14H29NO2. The Labute approximate surface area is 106 Å². The summed E-state index contributed by atoms with van der Waals surface area (Å²) in [5.74, 6) is 0.395. The lowest BCUT2D eigenvalue weighted by molar-refractivity contribution is 0.0275. The van der Waals surface area contributed by atoms with Crippen molar-refractivity contribution in [3.05, 3.63) is 0 Å². The summed E-state index contributed by atoms with van der Waals surface area (Å²) in [6.07, 6.45) is 2.88. The first-order chi connectivity index (χ1) is 7.88. The second kappa shape index (κ2) is 6.17. The fraction of sp³-hybridized carbons (Fsp3) is 1.00. The van der Waals surface area contributed by atoms with Gasteiger partial charge in [-0.1, -0.05) is 13.8 Å². The van der Waals surface area contributed by atoms with Crippen LogP contribution in [0.1, 0.15) is 47.0 Å².